The number of hydrogen-bond acceptors (Lipinski definition) is 5. The minimum absolute atomic E-state index is 0.209. The second kappa shape index (κ2) is 8.29. The number of aromatic nitrogens is 1. The predicted octanol–water partition coefficient (Wildman–Crippen LogP) is 3.91. The number of oxazole rings is 1. The zero-order valence-electron chi connectivity index (χ0n) is 16.4. The first-order valence-electron chi connectivity index (χ1n) is 9.64. The molecule has 0 atom stereocenters. The third-order valence-corrected chi connectivity index (χ3v) is 6.06. The maximum absolute atomic E-state index is 12.6. The van der Waals surface area contributed by atoms with Gasteiger partial charge < -0.3 is 9.32 Å². The van der Waals surface area contributed by atoms with E-state index in [-0.39, 0.29) is 5.91 Å². The van der Waals surface area contributed by atoms with Crippen LogP contribution in [-0.2, 0) is 17.8 Å². The summed E-state index contributed by atoms with van der Waals surface area (Å²) in [5.41, 5.74) is 3.29. The first-order chi connectivity index (χ1) is 13.6. The standard InChI is InChI=1S/C22H25N3O2S/c1-16-5-7-18(8-6-16)14-21(26)25-11-9-24(10-12-25)15-19-17(2)27-22(23-19)20-4-3-13-28-20/h3-8,13H,9-12,14-15H2,1-2H3. The van der Waals surface area contributed by atoms with Crippen LogP contribution >= 0.6 is 11.3 Å². The molecule has 1 amide bonds. The number of rotatable bonds is 5. The third kappa shape index (κ3) is 4.34. The average Bonchev–Trinajstić information content (AvgIpc) is 3.35. The summed E-state index contributed by atoms with van der Waals surface area (Å²) in [6.45, 7) is 8.05. The number of thiophene rings is 1. The lowest BCUT2D eigenvalue weighted by Crippen LogP contribution is -2.48. The lowest BCUT2D eigenvalue weighted by Gasteiger charge is -2.34. The molecule has 0 unspecified atom stereocenters. The fourth-order valence-electron chi connectivity index (χ4n) is 3.44. The normalized spacial score (nSPS) is 15.1. The van der Waals surface area contributed by atoms with Crippen LogP contribution in [-0.4, -0.2) is 46.9 Å². The summed E-state index contributed by atoms with van der Waals surface area (Å²) in [7, 11) is 0. The van der Waals surface area contributed by atoms with E-state index in [1.54, 1.807) is 11.3 Å². The van der Waals surface area contributed by atoms with Crippen LogP contribution in [0.5, 0.6) is 0 Å². The number of aryl methyl sites for hydroxylation is 2. The molecule has 3 heterocycles. The molecule has 1 aliphatic heterocycles. The Morgan fingerprint density at radius 2 is 1.86 bits per heavy atom. The molecule has 1 fully saturated rings. The summed E-state index contributed by atoms with van der Waals surface area (Å²) in [4.78, 5) is 22.6. The minimum atomic E-state index is 0.209. The van der Waals surface area contributed by atoms with E-state index in [2.05, 4.69) is 28.9 Å². The summed E-state index contributed by atoms with van der Waals surface area (Å²) in [6.07, 6.45) is 0.479. The van der Waals surface area contributed by atoms with Crippen molar-refractivity contribution < 1.29 is 9.21 Å². The van der Waals surface area contributed by atoms with Crippen LogP contribution < -0.4 is 0 Å². The van der Waals surface area contributed by atoms with E-state index in [1.807, 2.05) is 41.5 Å². The quantitative estimate of drug-likeness (QED) is 0.657. The first-order valence-corrected chi connectivity index (χ1v) is 10.5. The van der Waals surface area contributed by atoms with Crippen molar-refractivity contribution in [3.63, 3.8) is 0 Å². The van der Waals surface area contributed by atoms with E-state index in [0.717, 1.165) is 54.6 Å². The first kappa shape index (κ1) is 18.9. The Labute approximate surface area is 169 Å². The highest BCUT2D eigenvalue weighted by atomic mass is 32.1. The van der Waals surface area contributed by atoms with Gasteiger partial charge in [0.25, 0.3) is 0 Å². The molecule has 3 aromatic rings. The number of benzene rings is 1. The number of piperazine rings is 1. The van der Waals surface area contributed by atoms with E-state index in [9.17, 15) is 4.79 Å². The van der Waals surface area contributed by atoms with Crippen molar-refractivity contribution in [2.75, 3.05) is 26.2 Å². The van der Waals surface area contributed by atoms with Gasteiger partial charge in [0.2, 0.25) is 11.8 Å². The average molecular weight is 396 g/mol. The molecule has 1 aliphatic rings. The number of amides is 1. The molecule has 0 bridgehead atoms. The van der Waals surface area contributed by atoms with Crippen LogP contribution in [0.4, 0.5) is 0 Å². The molecule has 0 N–H and O–H groups in total. The van der Waals surface area contributed by atoms with E-state index < -0.39 is 0 Å². The molecule has 1 aromatic carbocycles. The summed E-state index contributed by atoms with van der Waals surface area (Å²) < 4.78 is 5.84. The SMILES string of the molecule is Cc1ccc(CC(=O)N2CCN(Cc3nc(-c4cccs4)oc3C)CC2)cc1. The highest BCUT2D eigenvalue weighted by Crippen LogP contribution is 2.26. The lowest BCUT2D eigenvalue weighted by molar-refractivity contribution is -0.132. The Kier molecular flexibility index (Phi) is 5.59. The van der Waals surface area contributed by atoms with Crippen molar-refractivity contribution >= 4 is 17.2 Å². The predicted molar refractivity (Wildman–Crippen MR) is 111 cm³/mol. The topological polar surface area (TPSA) is 49.6 Å². The Bertz CT molecular complexity index is 923. The van der Waals surface area contributed by atoms with Gasteiger partial charge in [0.05, 0.1) is 17.0 Å². The van der Waals surface area contributed by atoms with E-state index >= 15 is 0 Å². The van der Waals surface area contributed by atoms with Crippen LogP contribution in [0.2, 0.25) is 0 Å². The van der Waals surface area contributed by atoms with E-state index in [4.69, 9.17) is 4.42 Å². The Morgan fingerprint density at radius 1 is 1.11 bits per heavy atom. The van der Waals surface area contributed by atoms with Gasteiger partial charge in [0.1, 0.15) is 5.76 Å². The molecule has 146 valence electrons. The van der Waals surface area contributed by atoms with Gasteiger partial charge in [-0.3, -0.25) is 9.69 Å². The molecule has 4 rings (SSSR count). The summed E-state index contributed by atoms with van der Waals surface area (Å²) in [6, 6.07) is 12.2. The second-order valence-electron chi connectivity index (χ2n) is 7.32. The maximum atomic E-state index is 12.6. The van der Waals surface area contributed by atoms with Crippen LogP contribution in [0.25, 0.3) is 10.8 Å². The van der Waals surface area contributed by atoms with Crippen LogP contribution in [0.1, 0.15) is 22.6 Å². The molecule has 2 aromatic heterocycles. The Balaban J connectivity index is 1.31. The smallest absolute Gasteiger partial charge is 0.236 e. The molecule has 28 heavy (non-hydrogen) atoms. The van der Waals surface area contributed by atoms with Crippen molar-refractivity contribution in [1.29, 1.82) is 0 Å². The Hall–Kier alpha value is -2.44. The van der Waals surface area contributed by atoms with Crippen molar-refractivity contribution in [3.05, 3.63) is 64.4 Å². The van der Waals surface area contributed by atoms with Gasteiger partial charge in [0.15, 0.2) is 0 Å². The maximum Gasteiger partial charge on any atom is 0.236 e. The van der Waals surface area contributed by atoms with Crippen molar-refractivity contribution in [2.45, 2.75) is 26.8 Å². The monoisotopic (exact) mass is 395 g/mol. The molecule has 0 spiro atoms. The van der Waals surface area contributed by atoms with Crippen LogP contribution in [0.15, 0.2) is 46.2 Å². The molecular weight excluding hydrogens is 370 g/mol. The van der Waals surface area contributed by atoms with Gasteiger partial charge in [-0.15, -0.1) is 11.3 Å². The molecule has 6 heteroatoms. The van der Waals surface area contributed by atoms with Crippen molar-refractivity contribution in [2.24, 2.45) is 0 Å². The van der Waals surface area contributed by atoms with Gasteiger partial charge in [0, 0.05) is 32.7 Å². The second-order valence-corrected chi connectivity index (χ2v) is 8.27. The molecule has 0 saturated carbocycles. The molecule has 5 nitrogen and oxygen atoms in total. The summed E-state index contributed by atoms with van der Waals surface area (Å²) in [5, 5.41) is 2.03. The number of nitrogens with zero attached hydrogens (tertiary/aromatic N) is 3. The highest BCUT2D eigenvalue weighted by Gasteiger charge is 2.23. The molecule has 0 aliphatic carbocycles. The highest BCUT2D eigenvalue weighted by molar-refractivity contribution is 7.13. The molecule has 1 saturated heterocycles. The third-order valence-electron chi connectivity index (χ3n) is 5.20. The number of hydrogen-bond donors (Lipinski definition) is 0. The largest absolute Gasteiger partial charge is 0.440 e. The van der Waals surface area contributed by atoms with Crippen molar-refractivity contribution in [1.82, 2.24) is 14.8 Å². The van der Waals surface area contributed by atoms with Crippen molar-refractivity contribution in [3.8, 4) is 10.8 Å². The van der Waals surface area contributed by atoms with Crippen LogP contribution in [0, 0.1) is 13.8 Å². The Morgan fingerprint density at radius 3 is 2.54 bits per heavy atom. The number of carbonyl (C=O) groups is 1. The van der Waals surface area contributed by atoms with E-state index in [0.29, 0.717) is 12.3 Å². The van der Waals surface area contributed by atoms with E-state index in [1.165, 1.54) is 5.56 Å². The van der Waals surface area contributed by atoms with Gasteiger partial charge in [-0.2, -0.15) is 0 Å². The molecule has 0 radical (unpaired) electrons. The number of carbonyl (C=O) groups excluding carboxylic acids is 1. The fourth-order valence-corrected chi connectivity index (χ4v) is 4.09. The minimum Gasteiger partial charge on any atom is -0.440 e. The molecular formula is C22H25N3O2S. The zero-order valence-corrected chi connectivity index (χ0v) is 17.2. The van der Waals surface area contributed by atoms with Crippen LogP contribution in [0.3, 0.4) is 0 Å². The summed E-state index contributed by atoms with van der Waals surface area (Å²) in [5.74, 6) is 1.79. The van der Waals surface area contributed by atoms with Gasteiger partial charge in [-0.1, -0.05) is 35.9 Å². The van der Waals surface area contributed by atoms with Gasteiger partial charge in [-0.05, 0) is 30.9 Å². The fraction of sp³-hybridized carbons (Fsp3) is 0.364. The summed E-state index contributed by atoms with van der Waals surface area (Å²) >= 11 is 1.63. The van der Waals surface area contributed by atoms with Gasteiger partial charge >= 0.3 is 0 Å². The lowest BCUT2D eigenvalue weighted by atomic mass is 10.1. The van der Waals surface area contributed by atoms with Gasteiger partial charge in [-0.25, -0.2) is 4.98 Å². The zero-order chi connectivity index (χ0) is 19.5.